The highest BCUT2D eigenvalue weighted by Gasteiger charge is 2.37. The van der Waals surface area contributed by atoms with Gasteiger partial charge in [0.2, 0.25) is 0 Å². The molecular formula is C21H15FN2O4. The van der Waals surface area contributed by atoms with Crippen LogP contribution < -0.4 is 10.2 Å². The molecule has 0 fully saturated rings. The van der Waals surface area contributed by atoms with Crippen molar-refractivity contribution in [3.8, 4) is 0 Å². The lowest BCUT2D eigenvalue weighted by Crippen LogP contribution is -2.29. The first-order chi connectivity index (χ1) is 13.5. The summed E-state index contributed by atoms with van der Waals surface area (Å²) < 4.78 is 18.4. The zero-order chi connectivity index (χ0) is 19.8. The first-order valence-electron chi connectivity index (χ1n) is 8.58. The minimum Gasteiger partial charge on any atom is -0.467 e. The van der Waals surface area contributed by atoms with Gasteiger partial charge in [0.25, 0.3) is 17.7 Å². The molecule has 7 heteroatoms. The first kappa shape index (κ1) is 17.7. The van der Waals surface area contributed by atoms with Gasteiger partial charge in [0.15, 0.2) is 0 Å². The largest absolute Gasteiger partial charge is 0.467 e. The van der Waals surface area contributed by atoms with Crippen molar-refractivity contribution < 1.29 is 23.2 Å². The third kappa shape index (κ3) is 2.96. The Bertz CT molecular complexity index is 1070. The van der Waals surface area contributed by atoms with Crippen LogP contribution in [-0.4, -0.2) is 17.7 Å². The third-order valence-corrected chi connectivity index (χ3v) is 4.55. The molecule has 2 aromatic carbocycles. The number of carbonyl (C=O) groups is 3. The van der Waals surface area contributed by atoms with Crippen LogP contribution in [-0.2, 0) is 0 Å². The van der Waals surface area contributed by atoms with E-state index in [2.05, 4.69) is 5.32 Å². The van der Waals surface area contributed by atoms with Crippen LogP contribution in [0.5, 0.6) is 0 Å². The highest BCUT2D eigenvalue weighted by Crippen LogP contribution is 2.29. The number of benzene rings is 2. The maximum absolute atomic E-state index is 13.1. The quantitative estimate of drug-likeness (QED) is 0.702. The molecule has 0 radical (unpaired) electrons. The van der Waals surface area contributed by atoms with Crippen LogP contribution in [0, 0.1) is 5.82 Å². The molecule has 0 saturated carbocycles. The molecule has 4 rings (SSSR count). The number of fused-ring (bicyclic) bond motifs is 1. The summed E-state index contributed by atoms with van der Waals surface area (Å²) >= 11 is 0. The standard InChI is InChI=1S/C21H15FN2O4/c1-12(18-3-2-10-28-18)23-19(25)13-4-9-16-17(11-13)21(27)24(20(16)26)15-7-5-14(22)6-8-15/h2-12H,1H3,(H,23,25)/t12-/m0/s1. The second-order valence-electron chi connectivity index (χ2n) is 6.39. The monoisotopic (exact) mass is 378 g/mol. The summed E-state index contributed by atoms with van der Waals surface area (Å²) in [6.45, 7) is 1.77. The minimum absolute atomic E-state index is 0.132. The van der Waals surface area contributed by atoms with E-state index in [0.29, 0.717) is 5.76 Å². The molecule has 2 heterocycles. The lowest BCUT2D eigenvalue weighted by atomic mass is 10.0. The average molecular weight is 378 g/mol. The van der Waals surface area contributed by atoms with Crippen molar-refractivity contribution in [1.29, 1.82) is 0 Å². The van der Waals surface area contributed by atoms with Crippen LogP contribution in [0.3, 0.4) is 0 Å². The van der Waals surface area contributed by atoms with Crippen LogP contribution in [0.1, 0.15) is 49.8 Å². The van der Waals surface area contributed by atoms with Gasteiger partial charge >= 0.3 is 0 Å². The van der Waals surface area contributed by atoms with E-state index in [9.17, 15) is 18.8 Å². The van der Waals surface area contributed by atoms with Gasteiger partial charge in [0.05, 0.1) is 29.1 Å². The Morgan fingerprint density at radius 3 is 2.43 bits per heavy atom. The Morgan fingerprint density at radius 2 is 1.75 bits per heavy atom. The molecule has 6 nitrogen and oxygen atoms in total. The maximum atomic E-state index is 13.1. The summed E-state index contributed by atoms with van der Waals surface area (Å²) in [5.41, 5.74) is 0.849. The van der Waals surface area contributed by atoms with E-state index in [4.69, 9.17) is 4.42 Å². The van der Waals surface area contributed by atoms with Crippen LogP contribution >= 0.6 is 0 Å². The van der Waals surface area contributed by atoms with Gasteiger partial charge in [0, 0.05) is 5.56 Å². The molecule has 0 spiro atoms. The van der Waals surface area contributed by atoms with Crippen molar-refractivity contribution in [2.24, 2.45) is 0 Å². The third-order valence-electron chi connectivity index (χ3n) is 4.55. The molecule has 28 heavy (non-hydrogen) atoms. The first-order valence-corrected chi connectivity index (χ1v) is 8.58. The fourth-order valence-electron chi connectivity index (χ4n) is 3.10. The number of amides is 3. The zero-order valence-electron chi connectivity index (χ0n) is 14.8. The summed E-state index contributed by atoms with van der Waals surface area (Å²) in [6.07, 6.45) is 1.52. The lowest BCUT2D eigenvalue weighted by molar-refractivity contribution is 0.0921. The Hall–Kier alpha value is -3.74. The highest BCUT2D eigenvalue weighted by molar-refractivity contribution is 6.34. The van der Waals surface area contributed by atoms with Crippen molar-refractivity contribution in [3.63, 3.8) is 0 Å². The topological polar surface area (TPSA) is 79.6 Å². The van der Waals surface area contributed by atoms with Crippen molar-refractivity contribution in [1.82, 2.24) is 5.32 Å². The number of rotatable bonds is 4. The number of furan rings is 1. The zero-order valence-corrected chi connectivity index (χ0v) is 14.8. The van der Waals surface area contributed by atoms with E-state index in [1.54, 1.807) is 19.1 Å². The van der Waals surface area contributed by atoms with Crippen molar-refractivity contribution in [3.05, 3.63) is 89.1 Å². The molecular weight excluding hydrogens is 363 g/mol. The number of halogens is 1. The fourth-order valence-corrected chi connectivity index (χ4v) is 3.10. The maximum Gasteiger partial charge on any atom is 0.266 e. The van der Waals surface area contributed by atoms with Crippen molar-refractivity contribution in [2.45, 2.75) is 13.0 Å². The number of nitrogens with one attached hydrogen (secondary N) is 1. The molecule has 0 unspecified atom stereocenters. The minimum atomic E-state index is -0.555. The summed E-state index contributed by atoms with van der Waals surface area (Å²) in [5, 5.41) is 2.78. The fraction of sp³-hybridized carbons (Fsp3) is 0.0952. The van der Waals surface area contributed by atoms with Gasteiger partial charge in [-0.05, 0) is 61.5 Å². The molecule has 1 N–H and O–H groups in total. The number of hydrogen-bond donors (Lipinski definition) is 1. The van der Waals surface area contributed by atoms with Gasteiger partial charge in [-0.1, -0.05) is 0 Å². The van der Waals surface area contributed by atoms with E-state index in [1.807, 2.05) is 0 Å². The Labute approximate surface area is 159 Å². The van der Waals surface area contributed by atoms with Gasteiger partial charge < -0.3 is 9.73 Å². The van der Waals surface area contributed by atoms with Crippen molar-refractivity contribution in [2.75, 3.05) is 4.90 Å². The average Bonchev–Trinajstić information content (AvgIpc) is 3.31. The van der Waals surface area contributed by atoms with Gasteiger partial charge in [-0.2, -0.15) is 0 Å². The lowest BCUT2D eigenvalue weighted by Gasteiger charge is -2.13. The van der Waals surface area contributed by atoms with E-state index in [1.165, 1.54) is 48.7 Å². The molecule has 0 bridgehead atoms. The number of carbonyl (C=O) groups excluding carboxylic acids is 3. The van der Waals surface area contributed by atoms with Crippen LogP contribution in [0.2, 0.25) is 0 Å². The van der Waals surface area contributed by atoms with Gasteiger partial charge in [-0.3, -0.25) is 14.4 Å². The van der Waals surface area contributed by atoms with Gasteiger partial charge in [-0.25, -0.2) is 9.29 Å². The number of imide groups is 1. The van der Waals surface area contributed by atoms with E-state index >= 15 is 0 Å². The molecule has 0 aliphatic carbocycles. The molecule has 140 valence electrons. The van der Waals surface area contributed by atoms with Crippen molar-refractivity contribution >= 4 is 23.4 Å². The predicted molar refractivity (Wildman–Crippen MR) is 98.6 cm³/mol. The second kappa shape index (κ2) is 6.77. The summed E-state index contributed by atoms with van der Waals surface area (Å²) in [7, 11) is 0. The van der Waals surface area contributed by atoms with E-state index < -0.39 is 23.5 Å². The second-order valence-corrected chi connectivity index (χ2v) is 6.39. The molecule has 0 saturated heterocycles. The Morgan fingerprint density at radius 1 is 1.04 bits per heavy atom. The molecule has 1 aliphatic rings. The highest BCUT2D eigenvalue weighted by atomic mass is 19.1. The smallest absolute Gasteiger partial charge is 0.266 e. The van der Waals surface area contributed by atoms with Gasteiger partial charge in [0.1, 0.15) is 11.6 Å². The molecule has 3 aromatic rings. The van der Waals surface area contributed by atoms with Crippen LogP contribution in [0.25, 0.3) is 0 Å². The molecule has 3 amide bonds. The summed E-state index contributed by atoms with van der Waals surface area (Å²) in [5.74, 6) is -1.33. The normalized spacial score (nSPS) is 14.1. The Balaban J connectivity index is 1.60. The summed E-state index contributed by atoms with van der Waals surface area (Å²) in [6, 6.07) is 12.5. The van der Waals surface area contributed by atoms with Gasteiger partial charge in [-0.15, -0.1) is 0 Å². The van der Waals surface area contributed by atoms with Crippen LogP contribution in [0.4, 0.5) is 10.1 Å². The molecule has 1 atom stereocenters. The number of anilines is 1. The summed E-state index contributed by atoms with van der Waals surface area (Å²) in [4.78, 5) is 38.8. The van der Waals surface area contributed by atoms with Crippen LogP contribution in [0.15, 0.2) is 65.3 Å². The SMILES string of the molecule is C[C@H](NC(=O)c1ccc2c(c1)C(=O)N(c1ccc(F)cc1)C2=O)c1ccco1. The number of hydrogen-bond acceptors (Lipinski definition) is 4. The Kier molecular flexibility index (Phi) is 4.27. The number of nitrogens with zero attached hydrogens (tertiary/aromatic N) is 1. The molecule has 1 aliphatic heterocycles. The predicted octanol–water partition coefficient (Wildman–Crippen LogP) is 3.71. The van der Waals surface area contributed by atoms with E-state index in [0.717, 1.165) is 4.90 Å². The van der Waals surface area contributed by atoms with E-state index in [-0.39, 0.29) is 28.4 Å². The molecule has 1 aromatic heterocycles.